The van der Waals surface area contributed by atoms with Crippen LogP contribution in [0.15, 0.2) is 11.6 Å². The number of aliphatic carboxylic acids is 1. The molecule has 0 spiro atoms. The monoisotopic (exact) mass is 360 g/mol. The van der Waals surface area contributed by atoms with Gasteiger partial charge < -0.3 is 9.84 Å². The maximum Gasteiger partial charge on any atom is 0.329 e. The molecule has 3 unspecified atom stereocenters. The maximum atomic E-state index is 12.5. The van der Waals surface area contributed by atoms with Crippen molar-refractivity contribution in [3.05, 3.63) is 11.6 Å². The van der Waals surface area contributed by atoms with Crippen molar-refractivity contribution in [3.8, 4) is 0 Å². The van der Waals surface area contributed by atoms with Gasteiger partial charge in [-0.1, -0.05) is 12.5 Å². The van der Waals surface area contributed by atoms with E-state index in [9.17, 15) is 14.4 Å². The maximum absolute atomic E-state index is 12.5. The van der Waals surface area contributed by atoms with Gasteiger partial charge in [0.15, 0.2) is 5.78 Å². The number of rotatable bonds is 4. The molecule has 5 atom stereocenters. The minimum absolute atomic E-state index is 0.171. The lowest BCUT2D eigenvalue weighted by Crippen LogP contribution is -2.53. The highest BCUT2D eigenvalue weighted by molar-refractivity contribution is 5.91. The molecule has 26 heavy (non-hydrogen) atoms. The summed E-state index contributed by atoms with van der Waals surface area (Å²) in [5.74, 6) is 0.974. The van der Waals surface area contributed by atoms with Gasteiger partial charge in [0.25, 0.3) is 0 Å². The molecular weight excluding hydrogens is 332 g/mol. The lowest BCUT2D eigenvalue weighted by Gasteiger charge is -2.57. The van der Waals surface area contributed by atoms with Crippen LogP contribution < -0.4 is 0 Å². The number of ketones is 2. The fourth-order valence-electron chi connectivity index (χ4n) is 6.72. The number of carboxylic acids is 1. The highest BCUT2D eigenvalue weighted by Crippen LogP contribution is 2.64. The van der Waals surface area contributed by atoms with Gasteiger partial charge in [-0.05, 0) is 62.4 Å². The second-order valence-electron chi connectivity index (χ2n) is 9.01. The zero-order valence-corrected chi connectivity index (χ0v) is 15.5. The van der Waals surface area contributed by atoms with Gasteiger partial charge in [0.05, 0.1) is 6.61 Å². The molecule has 0 bridgehead atoms. The number of carbonyl (C=O) groups excluding carboxylic acids is 2. The van der Waals surface area contributed by atoms with Gasteiger partial charge in [-0.3, -0.25) is 9.59 Å². The molecule has 0 aromatic heterocycles. The normalized spacial score (nSPS) is 41.9. The fraction of sp³-hybridized carbons (Fsp3) is 0.762. The van der Waals surface area contributed by atoms with Crippen LogP contribution in [0.3, 0.4) is 0 Å². The summed E-state index contributed by atoms with van der Waals surface area (Å²) in [4.78, 5) is 35.5. The van der Waals surface area contributed by atoms with Crippen molar-refractivity contribution in [2.45, 2.75) is 58.3 Å². The molecule has 3 saturated carbocycles. The molecule has 0 aromatic carbocycles. The second kappa shape index (κ2) is 6.29. The van der Waals surface area contributed by atoms with Gasteiger partial charge in [0.1, 0.15) is 12.4 Å². The van der Waals surface area contributed by atoms with Crippen LogP contribution in [0, 0.1) is 28.6 Å². The number of ether oxygens (including phenoxy) is 1. The van der Waals surface area contributed by atoms with Crippen molar-refractivity contribution in [1.29, 1.82) is 0 Å². The lowest BCUT2D eigenvalue weighted by atomic mass is 9.47. The molecule has 4 aliphatic carbocycles. The van der Waals surface area contributed by atoms with E-state index in [2.05, 4.69) is 6.92 Å². The third-order valence-electron chi connectivity index (χ3n) is 7.98. The minimum atomic E-state index is -0.955. The van der Waals surface area contributed by atoms with Crippen LogP contribution in [0.5, 0.6) is 0 Å². The smallest absolute Gasteiger partial charge is 0.329 e. The Morgan fingerprint density at radius 3 is 2.73 bits per heavy atom. The van der Waals surface area contributed by atoms with Crippen LogP contribution in [-0.2, 0) is 19.1 Å². The first kappa shape index (κ1) is 17.9. The Bertz CT molecular complexity index is 680. The number of Topliss-reactive ketones (excluding diaryl/α,β-unsaturated/α-hetero) is 1. The SMILES string of the molecule is C[C@]12CCC3C(CCC4=CC(=O)CC[C@@]43COCC(=O)O)C1CCC2=O. The molecule has 0 aliphatic heterocycles. The molecule has 5 heteroatoms. The predicted molar refractivity (Wildman–Crippen MR) is 94.5 cm³/mol. The number of hydrogen-bond acceptors (Lipinski definition) is 4. The molecule has 0 amide bonds. The molecule has 142 valence electrons. The van der Waals surface area contributed by atoms with Gasteiger partial charge in [-0.15, -0.1) is 0 Å². The van der Waals surface area contributed by atoms with E-state index < -0.39 is 5.97 Å². The summed E-state index contributed by atoms with van der Waals surface area (Å²) >= 11 is 0. The Morgan fingerprint density at radius 1 is 1.15 bits per heavy atom. The van der Waals surface area contributed by atoms with Crippen LogP contribution in [0.4, 0.5) is 0 Å². The van der Waals surface area contributed by atoms with E-state index in [0.717, 1.165) is 38.5 Å². The second-order valence-corrected chi connectivity index (χ2v) is 9.01. The van der Waals surface area contributed by atoms with E-state index in [1.54, 1.807) is 0 Å². The van der Waals surface area contributed by atoms with Gasteiger partial charge in [-0.25, -0.2) is 4.79 Å². The molecule has 0 aromatic rings. The van der Waals surface area contributed by atoms with Crippen LogP contribution in [0.2, 0.25) is 0 Å². The van der Waals surface area contributed by atoms with E-state index in [4.69, 9.17) is 9.84 Å². The predicted octanol–water partition coefficient (Wildman–Crippen LogP) is 3.17. The third-order valence-corrected chi connectivity index (χ3v) is 7.98. The molecule has 5 nitrogen and oxygen atoms in total. The average Bonchev–Trinajstić information content (AvgIpc) is 2.90. The first-order valence-electron chi connectivity index (χ1n) is 9.93. The number of hydrogen-bond donors (Lipinski definition) is 1. The molecule has 0 heterocycles. The lowest BCUT2D eigenvalue weighted by molar-refractivity contribution is -0.147. The molecular formula is C21H28O5. The fourth-order valence-corrected chi connectivity index (χ4v) is 6.72. The zero-order valence-electron chi connectivity index (χ0n) is 15.5. The highest BCUT2D eigenvalue weighted by Gasteiger charge is 2.60. The van der Waals surface area contributed by atoms with Crippen molar-refractivity contribution >= 4 is 17.5 Å². The van der Waals surface area contributed by atoms with Crippen molar-refractivity contribution < 1.29 is 24.2 Å². The Labute approximate surface area is 154 Å². The summed E-state index contributed by atoms with van der Waals surface area (Å²) in [5, 5.41) is 8.97. The van der Waals surface area contributed by atoms with Crippen LogP contribution in [-0.4, -0.2) is 35.9 Å². The van der Waals surface area contributed by atoms with Crippen LogP contribution in [0.25, 0.3) is 0 Å². The molecule has 0 saturated heterocycles. The number of carbonyl (C=O) groups is 3. The molecule has 4 rings (SSSR count). The van der Waals surface area contributed by atoms with E-state index in [1.165, 1.54) is 5.57 Å². The van der Waals surface area contributed by atoms with Crippen LogP contribution in [0.1, 0.15) is 58.3 Å². The quantitative estimate of drug-likeness (QED) is 0.833. The standard InChI is InChI=1S/C21H28O5/c1-20-8-7-17-15(16(20)4-5-18(20)23)3-2-13-10-14(22)6-9-21(13,17)12-26-11-19(24)25/h10,15-17H,2-9,11-12H2,1H3,(H,24,25)/t15?,16?,17?,20-,21+/m0/s1. The van der Waals surface area contributed by atoms with Gasteiger partial charge in [0, 0.05) is 23.7 Å². The van der Waals surface area contributed by atoms with E-state index in [0.29, 0.717) is 43.0 Å². The molecule has 4 aliphatic rings. The van der Waals surface area contributed by atoms with E-state index in [1.807, 2.05) is 6.08 Å². The van der Waals surface area contributed by atoms with Crippen LogP contribution >= 0.6 is 0 Å². The van der Waals surface area contributed by atoms with E-state index >= 15 is 0 Å². The van der Waals surface area contributed by atoms with Gasteiger partial charge in [0.2, 0.25) is 0 Å². The average molecular weight is 360 g/mol. The van der Waals surface area contributed by atoms with Gasteiger partial charge in [-0.2, -0.15) is 0 Å². The van der Waals surface area contributed by atoms with Crippen molar-refractivity contribution in [2.75, 3.05) is 13.2 Å². The highest BCUT2D eigenvalue weighted by atomic mass is 16.5. The molecule has 0 radical (unpaired) electrons. The van der Waals surface area contributed by atoms with Crippen molar-refractivity contribution in [1.82, 2.24) is 0 Å². The molecule has 3 fully saturated rings. The summed E-state index contributed by atoms with van der Waals surface area (Å²) < 4.78 is 5.62. The summed E-state index contributed by atoms with van der Waals surface area (Å²) in [6.07, 6.45) is 8.60. The Kier molecular flexibility index (Phi) is 4.33. The largest absolute Gasteiger partial charge is 0.480 e. The summed E-state index contributed by atoms with van der Waals surface area (Å²) in [6, 6.07) is 0. The Hall–Kier alpha value is -1.49. The summed E-state index contributed by atoms with van der Waals surface area (Å²) in [5.41, 5.74) is 0.795. The first-order valence-corrected chi connectivity index (χ1v) is 9.93. The summed E-state index contributed by atoms with van der Waals surface area (Å²) in [6.45, 7) is 2.25. The Morgan fingerprint density at radius 2 is 1.96 bits per heavy atom. The number of carboxylic acid groups (broad SMARTS) is 1. The first-order chi connectivity index (χ1) is 12.4. The molecule has 1 N–H and O–H groups in total. The Balaban J connectivity index is 1.66. The van der Waals surface area contributed by atoms with Crippen molar-refractivity contribution in [3.63, 3.8) is 0 Å². The summed E-state index contributed by atoms with van der Waals surface area (Å²) in [7, 11) is 0. The number of fused-ring (bicyclic) bond motifs is 5. The third kappa shape index (κ3) is 2.58. The van der Waals surface area contributed by atoms with E-state index in [-0.39, 0.29) is 23.2 Å². The minimum Gasteiger partial charge on any atom is -0.480 e. The topological polar surface area (TPSA) is 80.7 Å². The van der Waals surface area contributed by atoms with Crippen molar-refractivity contribution in [2.24, 2.45) is 28.6 Å². The zero-order chi connectivity index (χ0) is 18.5. The van der Waals surface area contributed by atoms with Gasteiger partial charge >= 0.3 is 5.97 Å².